The Labute approximate surface area is 167 Å². The summed E-state index contributed by atoms with van der Waals surface area (Å²) in [5, 5.41) is 5.74. The fourth-order valence-electron chi connectivity index (χ4n) is 2.99. The highest BCUT2D eigenvalue weighted by Crippen LogP contribution is 2.31. The first-order chi connectivity index (χ1) is 13.1. The number of carbonyl (C=O) groups excluding carboxylic acids is 3. The number of nitrogens with zero attached hydrogens (tertiary/aromatic N) is 1. The molecule has 0 bridgehead atoms. The van der Waals surface area contributed by atoms with Gasteiger partial charge in [0.25, 0.3) is 11.8 Å². The number of anilines is 2. The molecule has 2 N–H and O–H groups in total. The van der Waals surface area contributed by atoms with Gasteiger partial charge in [-0.15, -0.1) is 0 Å². The van der Waals surface area contributed by atoms with E-state index in [0.717, 1.165) is 0 Å². The van der Waals surface area contributed by atoms with Crippen LogP contribution >= 0.6 is 11.6 Å². The van der Waals surface area contributed by atoms with Crippen molar-refractivity contribution in [3.05, 3.63) is 52.5 Å². The predicted octanol–water partition coefficient (Wildman–Crippen LogP) is 4.39. The SMILES string of the molecule is COc1ccc(Cl)cc1NC(=O)Nc1ccc2c(c1)C(=O)N(C(C)(C)C)C2=O. The lowest BCUT2D eigenvalue weighted by atomic mass is 10.1. The summed E-state index contributed by atoms with van der Waals surface area (Å²) in [4.78, 5) is 38.7. The van der Waals surface area contributed by atoms with E-state index >= 15 is 0 Å². The zero-order valence-electron chi connectivity index (χ0n) is 15.9. The average molecular weight is 402 g/mol. The van der Waals surface area contributed by atoms with Crippen LogP contribution in [-0.4, -0.2) is 35.4 Å². The molecule has 1 heterocycles. The average Bonchev–Trinajstić information content (AvgIpc) is 2.85. The predicted molar refractivity (Wildman–Crippen MR) is 107 cm³/mol. The van der Waals surface area contributed by atoms with Gasteiger partial charge in [0.15, 0.2) is 0 Å². The summed E-state index contributed by atoms with van der Waals surface area (Å²) in [6, 6.07) is 8.92. The molecule has 0 fully saturated rings. The van der Waals surface area contributed by atoms with Crippen molar-refractivity contribution in [2.75, 3.05) is 17.7 Å². The topological polar surface area (TPSA) is 87.7 Å². The van der Waals surface area contributed by atoms with Gasteiger partial charge in [0.1, 0.15) is 5.75 Å². The van der Waals surface area contributed by atoms with Crippen LogP contribution in [0, 0.1) is 0 Å². The van der Waals surface area contributed by atoms with Crippen molar-refractivity contribution in [2.45, 2.75) is 26.3 Å². The highest BCUT2D eigenvalue weighted by molar-refractivity contribution is 6.31. The summed E-state index contributed by atoms with van der Waals surface area (Å²) in [7, 11) is 1.48. The van der Waals surface area contributed by atoms with Crippen molar-refractivity contribution in [1.29, 1.82) is 0 Å². The minimum Gasteiger partial charge on any atom is -0.495 e. The lowest BCUT2D eigenvalue weighted by Crippen LogP contribution is -2.45. The van der Waals surface area contributed by atoms with Gasteiger partial charge in [-0.3, -0.25) is 14.5 Å². The molecular formula is C20H20ClN3O4. The largest absolute Gasteiger partial charge is 0.495 e. The first-order valence-electron chi connectivity index (χ1n) is 8.56. The minimum absolute atomic E-state index is 0.262. The molecule has 0 aliphatic carbocycles. The Balaban J connectivity index is 1.80. The van der Waals surface area contributed by atoms with Gasteiger partial charge in [0, 0.05) is 16.2 Å². The first-order valence-corrected chi connectivity index (χ1v) is 8.94. The van der Waals surface area contributed by atoms with Crippen LogP contribution in [-0.2, 0) is 0 Å². The molecular weight excluding hydrogens is 382 g/mol. The second kappa shape index (κ2) is 7.16. The van der Waals surface area contributed by atoms with Gasteiger partial charge < -0.3 is 15.4 Å². The molecule has 1 aliphatic rings. The van der Waals surface area contributed by atoms with Crippen LogP contribution < -0.4 is 15.4 Å². The van der Waals surface area contributed by atoms with Crippen molar-refractivity contribution >= 4 is 40.8 Å². The van der Waals surface area contributed by atoms with Gasteiger partial charge in [-0.2, -0.15) is 0 Å². The van der Waals surface area contributed by atoms with E-state index in [1.807, 2.05) is 0 Å². The Morgan fingerprint density at radius 1 is 1.00 bits per heavy atom. The third kappa shape index (κ3) is 3.66. The lowest BCUT2D eigenvalue weighted by Gasteiger charge is -2.29. The zero-order valence-corrected chi connectivity index (χ0v) is 16.7. The van der Waals surface area contributed by atoms with Crippen LogP contribution in [0.5, 0.6) is 5.75 Å². The van der Waals surface area contributed by atoms with Gasteiger partial charge in [0.05, 0.1) is 23.9 Å². The molecule has 0 spiro atoms. The maximum Gasteiger partial charge on any atom is 0.323 e. The van der Waals surface area contributed by atoms with Crippen molar-refractivity contribution < 1.29 is 19.1 Å². The van der Waals surface area contributed by atoms with Crippen molar-refractivity contribution in [1.82, 2.24) is 4.90 Å². The number of rotatable bonds is 3. The number of fused-ring (bicyclic) bond motifs is 1. The minimum atomic E-state index is -0.638. The standard InChI is InChI=1S/C20H20ClN3O4/c1-20(2,3)24-17(25)13-7-6-12(10-14(13)18(24)26)22-19(27)23-15-9-11(21)5-8-16(15)28-4/h5-10H,1-4H3,(H2,22,23,27). The Bertz CT molecular complexity index is 982. The highest BCUT2D eigenvalue weighted by atomic mass is 35.5. The number of benzene rings is 2. The molecule has 1 aliphatic heterocycles. The van der Waals surface area contributed by atoms with Gasteiger partial charge in [-0.25, -0.2) is 4.79 Å². The number of urea groups is 1. The summed E-state index contributed by atoms with van der Waals surface area (Å²) in [6.07, 6.45) is 0. The number of hydrogen-bond donors (Lipinski definition) is 2. The molecule has 146 valence electrons. The van der Waals surface area contributed by atoms with Crippen LogP contribution in [0.25, 0.3) is 0 Å². The summed E-state index contributed by atoms with van der Waals surface area (Å²) in [5.41, 5.74) is 0.731. The van der Waals surface area contributed by atoms with Crippen molar-refractivity contribution in [3.8, 4) is 5.75 Å². The Kier molecular flexibility index (Phi) is 5.04. The number of amides is 4. The van der Waals surface area contributed by atoms with Gasteiger partial charge in [-0.05, 0) is 57.2 Å². The van der Waals surface area contributed by atoms with Crippen molar-refractivity contribution in [2.24, 2.45) is 0 Å². The van der Waals surface area contributed by atoms with E-state index in [0.29, 0.717) is 27.7 Å². The van der Waals surface area contributed by atoms with Gasteiger partial charge in [0.2, 0.25) is 0 Å². The second-order valence-electron chi connectivity index (χ2n) is 7.30. The van der Waals surface area contributed by atoms with Crippen LogP contribution in [0.3, 0.4) is 0 Å². The molecule has 2 aromatic carbocycles. The smallest absolute Gasteiger partial charge is 0.323 e. The molecule has 0 saturated carbocycles. The third-order valence-electron chi connectivity index (χ3n) is 4.22. The number of halogens is 1. The van der Waals surface area contributed by atoms with E-state index in [9.17, 15) is 14.4 Å². The van der Waals surface area contributed by atoms with Gasteiger partial charge >= 0.3 is 6.03 Å². The van der Waals surface area contributed by atoms with Gasteiger partial charge in [-0.1, -0.05) is 11.6 Å². The molecule has 4 amide bonds. The maximum absolute atomic E-state index is 12.6. The van der Waals surface area contributed by atoms with E-state index in [4.69, 9.17) is 16.3 Å². The molecule has 28 heavy (non-hydrogen) atoms. The highest BCUT2D eigenvalue weighted by Gasteiger charge is 2.41. The Morgan fingerprint density at radius 2 is 1.68 bits per heavy atom. The van der Waals surface area contributed by atoms with Crippen molar-refractivity contribution in [3.63, 3.8) is 0 Å². The number of methoxy groups -OCH3 is 1. The van der Waals surface area contributed by atoms with Crippen LogP contribution in [0.4, 0.5) is 16.2 Å². The van der Waals surface area contributed by atoms with E-state index in [-0.39, 0.29) is 17.4 Å². The molecule has 7 nitrogen and oxygen atoms in total. The Hall–Kier alpha value is -3.06. The molecule has 0 aromatic heterocycles. The first kappa shape index (κ1) is 19.7. The molecule has 8 heteroatoms. The Morgan fingerprint density at radius 3 is 2.32 bits per heavy atom. The molecule has 0 radical (unpaired) electrons. The fourth-order valence-corrected chi connectivity index (χ4v) is 3.16. The molecule has 3 rings (SSSR count). The number of ether oxygens (including phenoxy) is 1. The van der Waals surface area contributed by atoms with E-state index in [1.165, 1.54) is 24.1 Å². The fraction of sp³-hybridized carbons (Fsp3) is 0.250. The van der Waals surface area contributed by atoms with Crippen LogP contribution in [0.15, 0.2) is 36.4 Å². The number of imide groups is 1. The van der Waals surface area contributed by atoms with E-state index in [1.54, 1.807) is 45.0 Å². The number of carbonyl (C=O) groups is 3. The number of nitrogens with one attached hydrogen (secondary N) is 2. The summed E-state index contributed by atoms with van der Waals surface area (Å²) in [6.45, 7) is 5.37. The van der Waals surface area contributed by atoms with E-state index in [2.05, 4.69) is 10.6 Å². The molecule has 2 aromatic rings. The summed E-state index contributed by atoms with van der Waals surface area (Å²) in [5.74, 6) is -0.268. The molecule has 0 atom stereocenters. The van der Waals surface area contributed by atoms with E-state index < -0.39 is 11.6 Å². The van der Waals surface area contributed by atoms with Crippen LogP contribution in [0.1, 0.15) is 41.5 Å². The quantitative estimate of drug-likeness (QED) is 0.747. The summed E-state index contributed by atoms with van der Waals surface area (Å²) >= 11 is 5.96. The molecule has 0 unspecified atom stereocenters. The lowest BCUT2D eigenvalue weighted by molar-refractivity contribution is 0.0507. The third-order valence-corrected chi connectivity index (χ3v) is 4.46. The molecule has 0 saturated heterocycles. The monoisotopic (exact) mass is 401 g/mol. The zero-order chi connectivity index (χ0) is 20.6. The summed E-state index contributed by atoms with van der Waals surface area (Å²) < 4.78 is 5.19. The van der Waals surface area contributed by atoms with Crippen LogP contribution in [0.2, 0.25) is 5.02 Å². The number of hydrogen-bond acceptors (Lipinski definition) is 4. The maximum atomic E-state index is 12.6. The second-order valence-corrected chi connectivity index (χ2v) is 7.74. The normalized spacial score (nSPS) is 13.4.